The van der Waals surface area contributed by atoms with Crippen LogP contribution in [0.3, 0.4) is 0 Å². The van der Waals surface area contributed by atoms with Gasteiger partial charge >= 0.3 is 0 Å². The minimum absolute atomic E-state index is 0.0872. The fourth-order valence-corrected chi connectivity index (χ4v) is 4.50. The summed E-state index contributed by atoms with van der Waals surface area (Å²) in [5.74, 6) is -0.914. The van der Waals surface area contributed by atoms with E-state index in [0.29, 0.717) is 18.7 Å². The molecule has 27 heavy (non-hydrogen) atoms. The first kappa shape index (κ1) is 19.5. The summed E-state index contributed by atoms with van der Waals surface area (Å²) in [7, 11) is -3.52. The van der Waals surface area contributed by atoms with E-state index in [2.05, 4.69) is 5.32 Å². The number of nitrogens with zero attached hydrogens (tertiary/aromatic N) is 1. The van der Waals surface area contributed by atoms with Gasteiger partial charge in [0, 0.05) is 25.2 Å². The van der Waals surface area contributed by atoms with Crippen LogP contribution in [0.5, 0.6) is 0 Å². The van der Waals surface area contributed by atoms with Crippen LogP contribution >= 0.6 is 0 Å². The normalized spacial score (nSPS) is 16.2. The van der Waals surface area contributed by atoms with E-state index >= 15 is 0 Å². The van der Waals surface area contributed by atoms with Gasteiger partial charge in [0.15, 0.2) is 0 Å². The lowest BCUT2D eigenvalue weighted by atomic mass is 10.1. The summed E-state index contributed by atoms with van der Waals surface area (Å²) < 4.78 is 39.6. The summed E-state index contributed by atoms with van der Waals surface area (Å²) in [4.78, 5) is 12.4. The Kier molecular flexibility index (Phi) is 5.88. The average Bonchev–Trinajstić information content (AvgIpc) is 3.21. The lowest BCUT2D eigenvalue weighted by Gasteiger charge is -2.16. The van der Waals surface area contributed by atoms with E-state index in [1.807, 2.05) is 0 Å². The SMILES string of the molecule is O=C(NCC(O)c1cccc(F)c1)c1ccc(S(=O)(=O)N2CCCC2)cc1. The molecular formula is C19H21FN2O4S. The van der Waals surface area contributed by atoms with Crippen molar-refractivity contribution in [1.82, 2.24) is 9.62 Å². The minimum atomic E-state index is -3.52. The van der Waals surface area contributed by atoms with Gasteiger partial charge < -0.3 is 10.4 Å². The van der Waals surface area contributed by atoms with E-state index in [1.165, 1.54) is 46.8 Å². The number of carbonyl (C=O) groups excluding carboxylic acids is 1. The van der Waals surface area contributed by atoms with Crippen molar-refractivity contribution in [3.8, 4) is 0 Å². The predicted molar refractivity (Wildman–Crippen MR) is 98.1 cm³/mol. The number of hydrogen-bond acceptors (Lipinski definition) is 4. The van der Waals surface area contributed by atoms with Crippen LogP contribution in [0.4, 0.5) is 4.39 Å². The third kappa shape index (κ3) is 4.52. The summed E-state index contributed by atoms with van der Waals surface area (Å²) in [6, 6.07) is 11.2. The molecule has 0 radical (unpaired) electrons. The Morgan fingerprint density at radius 1 is 1.15 bits per heavy atom. The van der Waals surface area contributed by atoms with Gasteiger partial charge in [0.1, 0.15) is 5.82 Å². The number of benzene rings is 2. The zero-order valence-electron chi connectivity index (χ0n) is 14.6. The second-order valence-corrected chi connectivity index (χ2v) is 8.35. The van der Waals surface area contributed by atoms with Gasteiger partial charge in [-0.25, -0.2) is 12.8 Å². The van der Waals surface area contributed by atoms with Crippen molar-refractivity contribution >= 4 is 15.9 Å². The van der Waals surface area contributed by atoms with Crippen LogP contribution < -0.4 is 5.32 Å². The van der Waals surface area contributed by atoms with Crippen LogP contribution in [0.15, 0.2) is 53.4 Å². The summed E-state index contributed by atoms with van der Waals surface area (Å²) >= 11 is 0. The van der Waals surface area contributed by atoms with E-state index in [0.717, 1.165) is 12.8 Å². The van der Waals surface area contributed by atoms with Crippen LogP contribution in [0.1, 0.15) is 34.9 Å². The molecule has 1 aliphatic rings. The third-order valence-corrected chi connectivity index (χ3v) is 6.42. The van der Waals surface area contributed by atoms with Crippen molar-refractivity contribution in [1.29, 1.82) is 0 Å². The van der Waals surface area contributed by atoms with Gasteiger partial charge in [-0.2, -0.15) is 4.31 Å². The Morgan fingerprint density at radius 3 is 2.44 bits per heavy atom. The van der Waals surface area contributed by atoms with E-state index in [9.17, 15) is 22.7 Å². The number of sulfonamides is 1. The maximum Gasteiger partial charge on any atom is 0.251 e. The zero-order valence-corrected chi connectivity index (χ0v) is 15.5. The lowest BCUT2D eigenvalue weighted by Crippen LogP contribution is -2.29. The smallest absolute Gasteiger partial charge is 0.251 e. The molecule has 2 aromatic rings. The molecule has 2 N–H and O–H groups in total. The highest BCUT2D eigenvalue weighted by Crippen LogP contribution is 2.21. The Bertz CT molecular complexity index is 910. The highest BCUT2D eigenvalue weighted by atomic mass is 32.2. The van der Waals surface area contributed by atoms with Crippen LogP contribution in [-0.4, -0.2) is 43.4 Å². The maximum atomic E-state index is 13.2. The Labute approximate surface area is 157 Å². The van der Waals surface area contributed by atoms with Gasteiger partial charge in [-0.05, 0) is 54.8 Å². The number of aliphatic hydroxyl groups is 1. The molecule has 8 heteroatoms. The van der Waals surface area contributed by atoms with Crippen molar-refractivity contribution in [3.05, 3.63) is 65.5 Å². The molecule has 2 aromatic carbocycles. The number of hydrogen-bond donors (Lipinski definition) is 2. The van der Waals surface area contributed by atoms with Crippen molar-refractivity contribution in [2.75, 3.05) is 19.6 Å². The fraction of sp³-hybridized carbons (Fsp3) is 0.316. The zero-order chi connectivity index (χ0) is 19.4. The third-order valence-electron chi connectivity index (χ3n) is 4.51. The van der Waals surface area contributed by atoms with Gasteiger partial charge in [0.2, 0.25) is 10.0 Å². The Hall–Kier alpha value is -2.29. The Morgan fingerprint density at radius 2 is 1.81 bits per heavy atom. The van der Waals surface area contributed by atoms with Gasteiger partial charge in [-0.15, -0.1) is 0 Å². The predicted octanol–water partition coefficient (Wildman–Crippen LogP) is 2.07. The van der Waals surface area contributed by atoms with E-state index in [-0.39, 0.29) is 17.0 Å². The number of nitrogens with one attached hydrogen (secondary N) is 1. The number of rotatable bonds is 6. The molecule has 1 heterocycles. The fourth-order valence-electron chi connectivity index (χ4n) is 2.98. The standard InChI is InChI=1S/C19H21FN2O4S/c20-16-5-3-4-15(12-16)18(23)13-21-19(24)14-6-8-17(9-7-14)27(25,26)22-10-1-2-11-22/h3-9,12,18,23H,1-2,10-11,13H2,(H,21,24). The van der Waals surface area contributed by atoms with Gasteiger partial charge in [-0.1, -0.05) is 12.1 Å². The van der Waals surface area contributed by atoms with E-state index < -0.39 is 27.9 Å². The van der Waals surface area contributed by atoms with Crippen LogP contribution in [0.25, 0.3) is 0 Å². The minimum Gasteiger partial charge on any atom is -0.387 e. The molecule has 1 fully saturated rings. The van der Waals surface area contributed by atoms with Gasteiger partial charge in [0.05, 0.1) is 11.0 Å². The number of carbonyl (C=O) groups is 1. The first-order chi connectivity index (χ1) is 12.9. The summed E-state index contributed by atoms with van der Waals surface area (Å²) in [5, 5.41) is 12.6. The number of aliphatic hydroxyl groups excluding tert-OH is 1. The highest BCUT2D eigenvalue weighted by molar-refractivity contribution is 7.89. The summed E-state index contributed by atoms with van der Waals surface area (Å²) in [6.45, 7) is 0.946. The number of halogens is 1. The van der Waals surface area contributed by atoms with E-state index in [1.54, 1.807) is 6.07 Å². The molecule has 3 rings (SSSR count). The van der Waals surface area contributed by atoms with Crippen LogP contribution in [-0.2, 0) is 10.0 Å². The highest BCUT2D eigenvalue weighted by Gasteiger charge is 2.27. The molecule has 1 amide bonds. The molecule has 1 saturated heterocycles. The van der Waals surface area contributed by atoms with Gasteiger partial charge in [0.25, 0.3) is 5.91 Å². The molecule has 1 unspecified atom stereocenters. The average molecular weight is 392 g/mol. The molecule has 0 saturated carbocycles. The lowest BCUT2D eigenvalue weighted by molar-refractivity contribution is 0.0916. The Balaban J connectivity index is 1.62. The molecule has 0 aromatic heterocycles. The molecular weight excluding hydrogens is 371 g/mol. The monoisotopic (exact) mass is 392 g/mol. The molecule has 1 aliphatic heterocycles. The molecule has 144 valence electrons. The topological polar surface area (TPSA) is 86.7 Å². The summed E-state index contributed by atoms with van der Waals surface area (Å²) in [5.41, 5.74) is 0.643. The van der Waals surface area contributed by atoms with Crippen molar-refractivity contribution in [3.63, 3.8) is 0 Å². The first-order valence-electron chi connectivity index (χ1n) is 8.70. The molecule has 1 atom stereocenters. The molecule has 0 aliphatic carbocycles. The second-order valence-electron chi connectivity index (χ2n) is 6.42. The van der Waals surface area contributed by atoms with Crippen molar-refractivity contribution < 1.29 is 22.7 Å². The first-order valence-corrected chi connectivity index (χ1v) is 10.1. The quantitative estimate of drug-likeness (QED) is 0.788. The van der Waals surface area contributed by atoms with Crippen molar-refractivity contribution in [2.45, 2.75) is 23.8 Å². The molecule has 6 nitrogen and oxygen atoms in total. The largest absolute Gasteiger partial charge is 0.387 e. The van der Waals surface area contributed by atoms with Crippen LogP contribution in [0, 0.1) is 5.82 Å². The second kappa shape index (κ2) is 8.16. The number of amides is 1. The van der Waals surface area contributed by atoms with Gasteiger partial charge in [-0.3, -0.25) is 4.79 Å². The molecule has 0 bridgehead atoms. The molecule has 0 spiro atoms. The summed E-state index contributed by atoms with van der Waals surface area (Å²) in [6.07, 6.45) is 0.667. The van der Waals surface area contributed by atoms with E-state index in [4.69, 9.17) is 0 Å². The van der Waals surface area contributed by atoms with Crippen molar-refractivity contribution in [2.24, 2.45) is 0 Å². The van der Waals surface area contributed by atoms with Crippen LogP contribution in [0.2, 0.25) is 0 Å². The maximum absolute atomic E-state index is 13.2.